The van der Waals surface area contributed by atoms with Crippen LogP contribution < -0.4 is 10.1 Å². The molecule has 1 aliphatic rings. The summed E-state index contributed by atoms with van der Waals surface area (Å²) in [6.45, 7) is 2.70. The van der Waals surface area contributed by atoms with Crippen LogP contribution in [0, 0.1) is 0 Å². The Kier molecular flexibility index (Phi) is 4.43. The molecule has 0 unspecified atom stereocenters. The highest BCUT2D eigenvalue weighted by atomic mass is 16.5. The first-order valence-electron chi connectivity index (χ1n) is 6.73. The van der Waals surface area contributed by atoms with E-state index in [1.54, 1.807) is 7.11 Å². The molecule has 104 valence electrons. The summed E-state index contributed by atoms with van der Waals surface area (Å²) in [6, 6.07) is 8.25. The third kappa shape index (κ3) is 3.96. The molecule has 1 N–H and O–H groups in total. The lowest BCUT2D eigenvalue weighted by atomic mass is 10.2. The molecular weight excluding hydrogens is 240 g/mol. The van der Waals surface area contributed by atoms with Crippen molar-refractivity contribution < 1.29 is 9.53 Å². The summed E-state index contributed by atoms with van der Waals surface area (Å²) in [4.78, 5) is 14.0. The summed E-state index contributed by atoms with van der Waals surface area (Å²) < 4.78 is 5.13. The third-order valence-electron chi connectivity index (χ3n) is 3.56. The van der Waals surface area contributed by atoms with Gasteiger partial charge in [0.25, 0.3) is 0 Å². The smallest absolute Gasteiger partial charge is 0.237 e. The maximum atomic E-state index is 12.0. The highest BCUT2D eigenvalue weighted by Gasteiger charge is 2.27. The standard InChI is InChI=1S/C15H22N2O2/c1-11(15(18)16-13-6-7-13)17(2)10-12-4-8-14(19-3)9-5-12/h4-5,8-9,11,13H,6-7,10H2,1-3H3,(H,16,18)/t11-/m0/s1. The lowest BCUT2D eigenvalue weighted by molar-refractivity contribution is -0.125. The van der Waals surface area contributed by atoms with E-state index >= 15 is 0 Å². The molecule has 1 aliphatic carbocycles. The van der Waals surface area contributed by atoms with Crippen molar-refractivity contribution in [1.82, 2.24) is 10.2 Å². The van der Waals surface area contributed by atoms with Crippen molar-refractivity contribution in [2.24, 2.45) is 0 Å². The number of amides is 1. The maximum Gasteiger partial charge on any atom is 0.237 e. The Bertz CT molecular complexity index is 426. The zero-order valence-electron chi connectivity index (χ0n) is 11.8. The fraction of sp³-hybridized carbons (Fsp3) is 0.533. The Morgan fingerprint density at radius 3 is 2.58 bits per heavy atom. The van der Waals surface area contributed by atoms with Crippen LogP contribution in [0.2, 0.25) is 0 Å². The van der Waals surface area contributed by atoms with Crippen molar-refractivity contribution in [2.45, 2.75) is 38.4 Å². The Labute approximate surface area is 114 Å². The zero-order valence-corrected chi connectivity index (χ0v) is 11.8. The number of rotatable bonds is 6. The van der Waals surface area contributed by atoms with Gasteiger partial charge in [-0.05, 0) is 44.5 Å². The quantitative estimate of drug-likeness (QED) is 0.850. The monoisotopic (exact) mass is 262 g/mol. The Morgan fingerprint density at radius 1 is 1.42 bits per heavy atom. The summed E-state index contributed by atoms with van der Waals surface area (Å²) in [5.41, 5.74) is 1.18. The number of carbonyl (C=O) groups is 1. The average Bonchev–Trinajstić information content (AvgIpc) is 3.22. The number of likely N-dealkylation sites (N-methyl/N-ethyl adjacent to an activating group) is 1. The van der Waals surface area contributed by atoms with Crippen molar-refractivity contribution in [3.05, 3.63) is 29.8 Å². The van der Waals surface area contributed by atoms with Crippen LogP contribution in [0.5, 0.6) is 5.75 Å². The minimum absolute atomic E-state index is 0.109. The molecule has 2 rings (SSSR count). The van der Waals surface area contributed by atoms with Gasteiger partial charge in [0.1, 0.15) is 5.75 Å². The van der Waals surface area contributed by atoms with Crippen molar-refractivity contribution >= 4 is 5.91 Å². The second kappa shape index (κ2) is 6.06. The summed E-state index contributed by atoms with van der Waals surface area (Å²) in [5, 5.41) is 3.04. The molecule has 0 saturated heterocycles. The molecule has 1 atom stereocenters. The molecule has 4 heteroatoms. The van der Waals surface area contributed by atoms with Gasteiger partial charge in [0, 0.05) is 12.6 Å². The van der Waals surface area contributed by atoms with Crippen LogP contribution in [0.3, 0.4) is 0 Å². The summed E-state index contributed by atoms with van der Waals surface area (Å²) >= 11 is 0. The number of carbonyl (C=O) groups excluding carboxylic acids is 1. The van der Waals surface area contributed by atoms with Gasteiger partial charge in [-0.25, -0.2) is 0 Å². The van der Waals surface area contributed by atoms with Gasteiger partial charge in [-0.2, -0.15) is 0 Å². The maximum absolute atomic E-state index is 12.0. The molecule has 0 aliphatic heterocycles. The van der Waals surface area contributed by atoms with Gasteiger partial charge in [-0.1, -0.05) is 12.1 Å². The average molecular weight is 262 g/mol. The number of hydrogen-bond acceptors (Lipinski definition) is 3. The first-order chi connectivity index (χ1) is 9.10. The number of hydrogen-bond donors (Lipinski definition) is 1. The lowest BCUT2D eigenvalue weighted by Crippen LogP contribution is -2.43. The van der Waals surface area contributed by atoms with Crippen LogP contribution in [-0.2, 0) is 11.3 Å². The van der Waals surface area contributed by atoms with Crippen molar-refractivity contribution in [1.29, 1.82) is 0 Å². The van der Waals surface area contributed by atoms with Crippen molar-refractivity contribution in [3.8, 4) is 5.75 Å². The van der Waals surface area contributed by atoms with Gasteiger partial charge in [0.05, 0.1) is 13.2 Å². The van der Waals surface area contributed by atoms with Gasteiger partial charge in [0.15, 0.2) is 0 Å². The Balaban J connectivity index is 1.87. The van der Waals surface area contributed by atoms with Gasteiger partial charge >= 0.3 is 0 Å². The Morgan fingerprint density at radius 2 is 2.05 bits per heavy atom. The Hall–Kier alpha value is -1.55. The molecule has 0 spiro atoms. The molecule has 0 aromatic heterocycles. The second-order valence-corrected chi connectivity index (χ2v) is 5.22. The fourth-order valence-electron chi connectivity index (χ4n) is 1.91. The van der Waals surface area contributed by atoms with Gasteiger partial charge < -0.3 is 10.1 Å². The van der Waals surface area contributed by atoms with Gasteiger partial charge in [-0.15, -0.1) is 0 Å². The fourth-order valence-corrected chi connectivity index (χ4v) is 1.91. The van der Waals surface area contributed by atoms with Crippen LogP contribution in [0.1, 0.15) is 25.3 Å². The van der Waals surface area contributed by atoms with Gasteiger partial charge in [0.2, 0.25) is 5.91 Å². The molecule has 1 amide bonds. The first-order valence-corrected chi connectivity index (χ1v) is 6.73. The molecule has 1 fully saturated rings. The molecule has 19 heavy (non-hydrogen) atoms. The molecule has 1 aromatic carbocycles. The summed E-state index contributed by atoms with van der Waals surface area (Å²) in [7, 11) is 3.63. The minimum Gasteiger partial charge on any atom is -0.497 e. The van der Waals surface area contributed by atoms with E-state index in [0.29, 0.717) is 6.04 Å². The normalized spacial score (nSPS) is 16.2. The predicted octanol–water partition coefficient (Wildman–Crippen LogP) is 1.79. The zero-order chi connectivity index (χ0) is 13.8. The molecule has 0 bridgehead atoms. The van der Waals surface area contributed by atoms with E-state index in [4.69, 9.17) is 4.74 Å². The van der Waals surface area contributed by atoms with Crippen molar-refractivity contribution in [3.63, 3.8) is 0 Å². The van der Waals surface area contributed by atoms with Crippen LogP contribution in [-0.4, -0.2) is 37.0 Å². The number of methoxy groups -OCH3 is 1. The topological polar surface area (TPSA) is 41.6 Å². The highest BCUT2D eigenvalue weighted by molar-refractivity contribution is 5.81. The molecule has 1 aromatic rings. The molecule has 1 saturated carbocycles. The van der Waals surface area contributed by atoms with Crippen LogP contribution in [0.4, 0.5) is 0 Å². The van der Waals surface area contributed by atoms with E-state index in [0.717, 1.165) is 25.1 Å². The summed E-state index contributed by atoms with van der Waals surface area (Å²) in [5.74, 6) is 0.976. The number of nitrogens with one attached hydrogen (secondary N) is 1. The first kappa shape index (κ1) is 13.9. The van der Waals surface area contributed by atoms with E-state index < -0.39 is 0 Å². The largest absolute Gasteiger partial charge is 0.497 e. The number of nitrogens with zero attached hydrogens (tertiary/aromatic N) is 1. The minimum atomic E-state index is -0.109. The van der Waals surface area contributed by atoms with Crippen LogP contribution in [0.15, 0.2) is 24.3 Å². The van der Waals surface area contributed by atoms with E-state index in [-0.39, 0.29) is 11.9 Å². The number of benzene rings is 1. The number of ether oxygens (including phenoxy) is 1. The molecular formula is C15H22N2O2. The third-order valence-corrected chi connectivity index (χ3v) is 3.56. The van der Waals surface area contributed by atoms with Crippen molar-refractivity contribution in [2.75, 3.05) is 14.2 Å². The van der Waals surface area contributed by atoms with Crippen LogP contribution in [0.25, 0.3) is 0 Å². The van der Waals surface area contributed by atoms with E-state index in [1.165, 1.54) is 5.56 Å². The van der Waals surface area contributed by atoms with E-state index in [2.05, 4.69) is 10.2 Å². The van der Waals surface area contributed by atoms with E-state index in [1.807, 2.05) is 38.2 Å². The van der Waals surface area contributed by atoms with Gasteiger partial charge in [-0.3, -0.25) is 9.69 Å². The lowest BCUT2D eigenvalue weighted by Gasteiger charge is -2.24. The second-order valence-electron chi connectivity index (χ2n) is 5.22. The van der Waals surface area contributed by atoms with Crippen LogP contribution >= 0.6 is 0 Å². The molecule has 0 heterocycles. The highest BCUT2D eigenvalue weighted by Crippen LogP contribution is 2.19. The molecule has 0 radical (unpaired) electrons. The summed E-state index contributed by atoms with van der Waals surface area (Å²) in [6.07, 6.45) is 2.25. The SMILES string of the molecule is COc1ccc(CN(C)[C@@H](C)C(=O)NC2CC2)cc1. The molecule has 4 nitrogen and oxygen atoms in total. The predicted molar refractivity (Wildman–Crippen MR) is 75.1 cm³/mol. The van der Waals surface area contributed by atoms with E-state index in [9.17, 15) is 4.79 Å².